The van der Waals surface area contributed by atoms with Crippen molar-refractivity contribution in [3.8, 4) is 0 Å². The zero-order valence-corrected chi connectivity index (χ0v) is 15.3. The van der Waals surface area contributed by atoms with Crippen LogP contribution in [-0.4, -0.2) is 36.6 Å². The van der Waals surface area contributed by atoms with Crippen LogP contribution in [0.4, 0.5) is 10.5 Å². The average molecular weight is 334 g/mol. The third kappa shape index (κ3) is 4.99. The molecule has 1 amide bonds. The minimum absolute atomic E-state index is 0.237. The summed E-state index contributed by atoms with van der Waals surface area (Å²) in [5.41, 5.74) is 3.55. The van der Waals surface area contributed by atoms with Crippen molar-refractivity contribution in [2.75, 3.05) is 25.1 Å². The molecule has 4 nitrogen and oxygen atoms in total. The summed E-state index contributed by atoms with van der Waals surface area (Å²) >= 11 is 1.84. The number of anilines is 1. The van der Waals surface area contributed by atoms with Gasteiger partial charge in [-0.2, -0.15) is 0 Å². The second-order valence-corrected chi connectivity index (χ2v) is 7.57. The Morgan fingerprint density at radius 2 is 2.26 bits per heavy atom. The quantitative estimate of drug-likeness (QED) is 0.570. The summed E-state index contributed by atoms with van der Waals surface area (Å²) in [6.07, 6.45) is 3.10. The molecule has 5 heteroatoms. The van der Waals surface area contributed by atoms with E-state index in [-0.39, 0.29) is 6.09 Å². The first-order chi connectivity index (χ1) is 11.0. The van der Waals surface area contributed by atoms with Crippen LogP contribution < -0.4 is 4.90 Å². The molecule has 1 aromatic rings. The summed E-state index contributed by atoms with van der Waals surface area (Å²) in [5.74, 6) is 0. The first-order valence-corrected chi connectivity index (χ1v) is 9.03. The smallest absolute Gasteiger partial charge is 0.414 e. The van der Waals surface area contributed by atoms with E-state index in [0.29, 0.717) is 18.4 Å². The maximum absolute atomic E-state index is 11.7. The molecule has 1 unspecified atom stereocenters. The van der Waals surface area contributed by atoms with E-state index in [0.717, 1.165) is 30.0 Å². The van der Waals surface area contributed by atoms with Crippen LogP contribution in [0.5, 0.6) is 0 Å². The molecule has 1 aliphatic rings. The van der Waals surface area contributed by atoms with Gasteiger partial charge in [-0.15, -0.1) is 11.8 Å². The molecule has 126 valence electrons. The first kappa shape index (κ1) is 17.9. The minimum atomic E-state index is -0.237. The predicted molar refractivity (Wildman–Crippen MR) is 98.9 cm³/mol. The third-order valence-electron chi connectivity index (χ3n) is 4.15. The van der Waals surface area contributed by atoms with Gasteiger partial charge < -0.3 is 4.74 Å². The first-order valence-electron chi connectivity index (χ1n) is 8.15. The molecule has 0 saturated carbocycles. The predicted octanol–water partition coefficient (Wildman–Crippen LogP) is 4.44. The topological polar surface area (TPSA) is 41.9 Å². The fraction of sp³-hybridized carbons (Fsp3) is 0.556. The van der Waals surface area contributed by atoms with Crippen LogP contribution in [0.25, 0.3) is 0 Å². The Morgan fingerprint density at radius 1 is 1.48 bits per heavy atom. The summed E-state index contributed by atoms with van der Waals surface area (Å²) in [5, 5.41) is 1.72. The van der Waals surface area contributed by atoms with E-state index < -0.39 is 0 Å². The highest BCUT2D eigenvalue weighted by atomic mass is 32.2. The monoisotopic (exact) mass is 334 g/mol. The molecule has 1 fully saturated rings. The summed E-state index contributed by atoms with van der Waals surface area (Å²) in [7, 11) is 1.84. The molecule has 0 spiro atoms. The van der Waals surface area contributed by atoms with Crippen molar-refractivity contribution in [2.24, 2.45) is 4.99 Å². The second-order valence-electron chi connectivity index (χ2n) is 5.94. The molecule has 1 aromatic carbocycles. The van der Waals surface area contributed by atoms with Crippen molar-refractivity contribution >= 4 is 28.6 Å². The number of carbonyl (C=O) groups is 1. The number of hydrogen-bond acceptors (Lipinski definition) is 4. The van der Waals surface area contributed by atoms with Crippen molar-refractivity contribution in [2.45, 2.75) is 45.3 Å². The number of nitrogens with zero attached hydrogens (tertiary/aromatic N) is 2. The Bertz CT molecular complexity index is 586. The highest BCUT2D eigenvalue weighted by Gasteiger charge is 2.23. The molecule has 0 radical (unpaired) electrons. The van der Waals surface area contributed by atoms with E-state index in [1.807, 2.05) is 24.9 Å². The third-order valence-corrected chi connectivity index (χ3v) is 5.31. The number of benzene rings is 1. The van der Waals surface area contributed by atoms with Crippen molar-refractivity contribution in [3.63, 3.8) is 0 Å². The summed E-state index contributed by atoms with van der Waals surface area (Å²) in [6, 6.07) is 6.24. The number of hydrogen-bond donors (Lipinski definition) is 0. The van der Waals surface area contributed by atoms with Gasteiger partial charge in [-0.25, -0.2) is 4.79 Å². The van der Waals surface area contributed by atoms with Gasteiger partial charge in [-0.05, 0) is 56.4 Å². The lowest BCUT2D eigenvalue weighted by molar-refractivity contribution is 0.181. The van der Waals surface area contributed by atoms with E-state index in [1.165, 1.54) is 11.1 Å². The lowest BCUT2D eigenvalue weighted by atomic mass is 10.0. The van der Waals surface area contributed by atoms with Gasteiger partial charge in [0.25, 0.3) is 0 Å². The van der Waals surface area contributed by atoms with Crippen LogP contribution in [0.3, 0.4) is 0 Å². The van der Waals surface area contributed by atoms with E-state index in [2.05, 4.69) is 37.9 Å². The number of aryl methyl sites for hydroxylation is 2. The number of thioether (sulfide) groups is 1. The SMILES string of the molecule is CN=C(C)SC(C)CCCc1cc(N2CCOC2=O)ccc1C. The fourth-order valence-corrected chi connectivity index (χ4v) is 3.68. The molecular formula is C18H26N2O2S. The molecular weight excluding hydrogens is 308 g/mol. The molecule has 0 N–H and O–H groups in total. The molecule has 0 aromatic heterocycles. The molecule has 1 atom stereocenters. The molecule has 1 saturated heterocycles. The van der Waals surface area contributed by atoms with Crippen LogP contribution in [0, 0.1) is 6.92 Å². The van der Waals surface area contributed by atoms with E-state index in [4.69, 9.17) is 4.74 Å². The van der Waals surface area contributed by atoms with Gasteiger partial charge in [-0.3, -0.25) is 9.89 Å². The van der Waals surface area contributed by atoms with Crippen LogP contribution in [0.1, 0.15) is 37.8 Å². The highest BCUT2D eigenvalue weighted by molar-refractivity contribution is 8.14. The Kier molecular flexibility index (Phi) is 6.51. The lowest BCUT2D eigenvalue weighted by Gasteiger charge is -2.16. The van der Waals surface area contributed by atoms with Gasteiger partial charge in [0.05, 0.1) is 11.6 Å². The van der Waals surface area contributed by atoms with Gasteiger partial charge in [0, 0.05) is 18.0 Å². The Hall–Kier alpha value is -1.49. The molecule has 0 aliphatic carbocycles. The van der Waals surface area contributed by atoms with E-state index in [1.54, 1.807) is 4.90 Å². The van der Waals surface area contributed by atoms with Crippen molar-refractivity contribution in [1.29, 1.82) is 0 Å². The maximum atomic E-state index is 11.7. The normalized spacial score (nSPS) is 16.6. The summed E-state index contributed by atoms with van der Waals surface area (Å²) in [4.78, 5) is 17.6. The maximum Gasteiger partial charge on any atom is 0.414 e. The minimum Gasteiger partial charge on any atom is -0.447 e. The van der Waals surface area contributed by atoms with E-state index >= 15 is 0 Å². The standard InChI is InChI=1S/C18H26N2O2S/c1-13-8-9-17(20-10-11-22-18(20)21)12-16(13)7-5-6-14(2)23-15(3)19-4/h8-9,12,14H,5-7,10-11H2,1-4H3. The van der Waals surface area contributed by atoms with Crippen LogP contribution in [0.15, 0.2) is 23.2 Å². The van der Waals surface area contributed by atoms with Crippen LogP contribution in [-0.2, 0) is 11.2 Å². The molecule has 2 rings (SSSR count). The molecule has 23 heavy (non-hydrogen) atoms. The Labute approximate surface area is 143 Å². The van der Waals surface area contributed by atoms with E-state index in [9.17, 15) is 4.79 Å². The van der Waals surface area contributed by atoms with Crippen molar-refractivity contribution in [3.05, 3.63) is 29.3 Å². The zero-order chi connectivity index (χ0) is 16.8. The molecule has 1 heterocycles. The highest BCUT2D eigenvalue weighted by Crippen LogP contribution is 2.24. The van der Waals surface area contributed by atoms with Crippen LogP contribution in [0.2, 0.25) is 0 Å². The van der Waals surface area contributed by atoms with Crippen molar-refractivity contribution < 1.29 is 9.53 Å². The van der Waals surface area contributed by atoms with Gasteiger partial charge in [-0.1, -0.05) is 13.0 Å². The lowest BCUT2D eigenvalue weighted by Crippen LogP contribution is -2.23. The van der Waals surface area contributed by atoms with Gasteiger partial charge in [0.15, 0.2) is 0 Å². The van der Waals surface area contributed by atoms with Crippen molar-refractivity contribution in [1.82, 2.24) is 0 Å². The number of ether oxygens (including phenoxy) is 1. The molecule has 1 aliphatic heterocycles. The zero-order valence-electron chi connectivity index (χ0n) is 14.5. The summed E-state index contributed by atoms with van der Waals surface area (Å²) in [6.45, 7) is 7.57. The fourth-order valence-electron chi connectivity index (χ4n) is 2.71. The average Bonchev–Trinajstić information content (AvgIpc) is 2.95. The number of carbonyl (C=O) groups excluding carboxylic acids is 1. The molecule has 0 bridgehead atoms. The van der Waals surface area contributed by atoms with Gasteiger partial charge >= 0.3 is 6.09 Å². The summed E-state index contributed by atoms with van der Waals surface area (Å²) < 4.78 is 5.02. The number of cyclic esters (lactones) is 1. The second kappa shape index (κ2) is 8.39. The number of amides is 1. The largest absolute Gasteiger partial charge is 0.447 e. The van der Waals surface area contributed by atoms with Gasteiger partial charge in [0.1, 0.15) is 6.61 Å². The Morgan fingerprint density at radius 3 is 2.91 bits per heavy atom. The number of rotatable bonds is 6. The Balaban J connectivity index is 1.93. The van der Waals surface area contributed by atoms with Gasteiger partial charge in [0.2, 0.25) is 0 Å². The number of aliphatic imine (C=N–C) groups is 1. The van der Waals surface area contributed by atoms with Crippen LogP contribution >= 0.6 is 11.8 Å².